The number of rotatable bonds is 3. The second-order valence-electron chi connectivity index (χ2n) is 6.75. The molecule has 0 amide bonds. The highest BCUT2D eigenvalue weighted by Gasteiger charge is 2.41. The summed E-state index contributed by atoms with van der Waals surface area (Å²) in [6, 6.07) is 8.38. The number of hydrogen-bond acceptors (Lipinski definition) is 5. The van der Waals surface area contributed by atoms with Crippen LogP contribution in [0.15, 0.2) is 34.7 Å². The summed E-state index contributed by atoms with van der Waals surface area (Å²) in [6.07, 6.45) is -0.123. The van der Waals surface area contributed by atoms with Crippen LogP contribution in [0.25, 0.3) is 0 Å². The Morgan fingerprint density at radius 3 is 2.59 bits per heavy atom. The minimum absolute atomic E-state index is 0.0808. The molecule has 0 radical (unpaired) electrons. The molecule has 1 aliphatic rings. The zero-order chi connectivity index (χ0) is 19.9. The molecule has 0 heterocycles. The Kier molecular flexibility index (Phi) is 4.93. The fourth-order valence-corrected chi connectivity index (χ4v) is 3.83. The Morgan fingerprint density at radius 2 is 1.96 bits per heavy atom. The summed E-state index contributed by atoms with van der Waals surface area (Å²) in [5.74, 6) is -1.03. The van der Waals surface area contributed by atoms with E-state index in [9.17, 15) is 18.1 Å². The van der Waals surface area contributed by atoms with Gasteiger partial charge in [0.1, 0.15) is 29.6 Å². The minimum Gasteiger partial charge on any atom is -0.457 e. The molecule has 1 aliphatic carbocycles. The van der Waals surface area contributed by atoms with E-state index in [-0.39, 0.29) is 28.3 Å². The Balaban J connectivity index is 2.16. The normalized spacial score (nSPS) is 21.4. The molecule has 2 aromatic rings. The number of nitriles is 1. The maximum absolute atomic E-state index is 14.5. The van der Waals surface area contributed by atoms with E-state index >= 15 is 0 Å². The third-order valence-electron chi connectivity index (χ3n) is 4.30. The topological polar surface area (TPSA) is 82.7 Å². The average Bonchev–Trinajstić information content (AvgIpc) is 2.80. The van der Waals surface area contributed by atoms with Crippen molar-refractivity contribution in [3.05, 3.63) is 52.8 Å². The van der Waals surface area contributed by atoms with Gasteiger partial charge in [-0.3, -0.25) is 0 Å². The van der Waals surface area contributed by atoms with Crippen molar-refractivity contribution in [2.45, 2.75) is 25.1 Å². The molecule has 142 valence electrons. The number of fused-ring (bicyclic) bond motifs is 1. The monoisotopic (exact) mass is 392 g/mol. The quantitative estimate of drug-likeness (QED) is 0.842. The lowest BCUT2D eigenvalue weighted by Gasteiger charge is -2.15. The number of nitrogens with zero attached hydrogens (tertiary/aromatic N) is 2. The molecule has 0 aromatic heterocycles. The predicted octanol–water partition coefficient (Wildman–Crippen LogP) is 4.34. The summed E-state index contributed by atoms with van der Waals surface area (Å²) in [4.78, 5) is 0. The molecule has 0 bridgehead atoms. The maximum Gasteiger partial charge on any atom is 0.137 e. The van der Waals surface area contributed by atoms with Crippen LogP contribution in [-0.4, -0.2) is 28.0 Å². The van der Waals surface area contributed by atoms with E-state index in [0.29, 0.717) is 5.56 Å². The van der Waals surface area contributed by atoms with E-state index < -0.39 is 33.7 Å². The van der Waals surface area contributed by atoms with Crippen molar-refractivity contribution in [3.63, 3.8) is 0 Å². The number of alkyl halides is 1. The first-order valence-electron chi connectivity index (χ1n) is 8.15. The van der Waals surface area contributed by atoms with Gasteiger partial charge in [0.25, 0.3) is 0 Å². The Bertz CT molecular complexity index is 1060. The van der Waals surface area contributed by atoms with Gasteiger partial charge in [-0.25, -0.2) is 13.0 Å². The highest BCUT2D eigenvalue weighted by molar-refractivity contribution is 7.92. The number of ether oxygens (including phenoxy) is 1. The number of aliphatic hydroxyl groups is 1. The Labute approximate surface area is 156 Å². The third kappa shape index (κ3) is 3.80. The molecule has 1 N–H and O–H groups in total. The first-order valence-corrected chi connectivity index (χ1v) is 10.5. The van der Waals surface area contributed by atoms with Crippen LogP contribution in [0.1, 0.15) is 35.6 Å². The molecule has 5 nitrogen and oxygen atoms in total. The van der Waals surface area contributed by atoms with Crippen molar-refractivity contribution in [2.24, 2.45) is 4.36 Å². The van der Waals surface area contributed by atoms with E-state index in [0.717, 1.165) is 12.1 Å². The van der Waals surface area contributed by atoms with Crippen LogP contribution in [0.4, 0.5) is 14.5 Å². The number of halogens is 2. The molecule has 8 heteroatoms. The number of hydrogen-bond donors (Lipinski definition) is 1. The summed E-state index contributed by atoms with van der Waals surface area (Å²) in [7, 11) is -2.53. The van der Waals surface area contributed by atoms with Crippen LogP contribution in [0.5, 0.6) is 11.5 Å². The molecule has 0 aliphatic heterocycles. The van der Waals surface area contributed by atoms with Gasteiger partial charge in [-0.2, -0.15) is 9.62 Å². The first-order chi connectivity index (χ1) is 12.6. The van der Waals surface area contributed by atoms with Gasteiger partial charge in [0, 0.05) is 45.4 Å². The average molecular weight is 392 g/mol. The molecule has 0 saturated heterocycles. The van der Waals surface area contributed by atoms with Gasteiger partial charge in [0.05, 0.1) is 17.3 Å². The van der Waals surface area contributed by atoms with Gasteiger partial charge < -0.3 is 9.84 Å². The van der Waals surface area contributed by atoms with E-state index in [2.05, 4.69) is 4.36 Å². The first kappa shape index (κ1) is 19.3. The Hall–Kier alpha value is -2.50. The smallest absolute Gasteiger partial charge is 0.137 e. The molecule has 27 heavy (non-hydrogen) atoms. The van der Waals surface area contributed by atoms with Crippen LogP contribution >= 0.6 is 0 Å². The Morgan fingerprint density at radius 1 is 1.26 bits per heavy atom. The predicted molar refractivity (Wildman–Crippen MR) is 98.0 cm³/mol. The van der Waals surface area contributed by atoms with Crippen molar-refractivity contribution in [1.29, 1.82) is 5.26 Å². The molecule has 0 fully saturated rings. The van der Waals surface area contributed by atoms with Crippen molar-refractivity contribution in [3.8, 4) is 17.6 Å². The van der Waals surface area contributed by atoms with Crippen molar-refractivity contribution >= 4 is 15.4 Å². The lowest BCUT2D eigenvalue weighted by molar-refractivity contribution is 0.0818. The highest BCUT2D eigenvalue weighted by Crippen LogP contribution is 2.51. The molecular formula is C19H18F2N2O3S. The fraction of sp³-hybridized carbons (Fsp3) is 0.316. The van der Waals surface area contributed by atoms with E-state index in [1.165, 1.54) is 30.7 Å². The van der Waals surface area contributed by atoms with Crippen molar-refractivity contribution in [2.75, 3.05) is 12.5 Å². The van der Waals surface area contributed by atoms with Gasteiger partial charge >= 0.3 is 0 Å². The second kappa shape index (κ2) is 6.91. The van der Waals surface area contributed by atoms with Gasteiger partial charge in [-0.15, -0.1) is 0 Å². The fourth-order valence-electron chi connectivity index (χ4n) is 3.20. The minimum atomic E-state index is -2.53. The highest BCUT2D eigenvalue weighted by atomic mass is 32.2. The van der Waals surface area contributed by atoms with Gasteiger partial charge in [0.2, 0.25) is 0 Å². The SMILES string of the molecule is CC1c2c(Oc3cc(F)cc(C#N)c3)ccc(N=S(C)(C)=O)c2C(O)C1F. The molecule has 0 saturated carbocycles. The van der Waals surface area contributed by atoms with E-state index in [1.807, 2.05) is 6.07 Å². The van der Waals surface area contributed by atoms with Gasteiger partial charge in [-0.1, -0.05) is 6.92 Å². The summed E-state index contributed by atoms with van der Waals surface area (Å²) >= 11 is 0. The number of aliphatic hydroxyl groups excluding tert-OH is 1. The zero-order valence-corrected chi connectivity index (χ0v) is 15.8. The summed E-state index contributed by atoms with van der Waals surface area (Å²) < 4.78 is 50.1. The molecule has 3 atom stereocenters. The van der Waals surface area contributed by atoms with Crippen LogP contribution in [0, 0.1) is 17.1 Å². The summed E-state index contributed by atoms with van der Waals surface area (Å²) in [6.45, 7) is 1.60. The molecule has 3 unspecified atom stereocenters. The van der Waals surface area contributed by atoms with Gasteiger partial charge in [0.15, 0.2) is 0 Å². The largest absolute Gasteiger partial charge is 0.457 e. The lowest BCUT2D eigenvalue weighted by atomic mass is 10.0. The summed E-state index contributed by atoms with van der Waals surface area (Å²) in [5.41, 5.74) is 0.939. The maximum atomic E-state index is 14.5. The van der Waals surface area contributed by atoms with Crippen LogP contribution in [0.3, 0.4) is 0 Å². The van der Waals surface area contributed by atoms with Crippen LogP contribution in [-0.2, 0) is 9.73 Å². The van der Waals surface area contributed by atoms with E-state index in [1.54, 1.807) is 6.92 Å². The van der Waals surface area contributed by atoms with Crippen LogP contribution in [0.2, 0.25) is 0 Å². The van der Waals surface area contributed by atoms with Crippen molar-refractivity contribution < 1.29 is 22.8 Å². The lowest BCUT2D eigenvalue weighted by Crippen LogP contribution is -2.10. The van der Waals surface area contributed by atoms with Crippen molar-refractivity contribution in [1.82, 2.24) is 0 Å². The van der Waals surface area contributed by atoms with E-state index in [4.69, 9.17) is 10.00 Å². The molecule has 3 rings (SSSR count). The molecule has 2 aromatic carbocycles. The van der Waals surface area contributed by atoms with Crippen LogP contribution < -0.4 is 4.74 Å². The molecule has 0 spiro atoms. The standard InChI is InChI=1S/C19H18F2N2O3S/c1-10-16-15(26-13-7-11(9-22)6-12(20)8-13)5-4-14(23-27(2,3)25)17(16)19(24)18(10)21/h4-8,10,18-19,24H,1-3H3. The number of benzene rings is 2. The zero-order valence-electron chi connectivity index (χ0n) is 14.9. The third-order valence-corrected chi connectivity index (χ3v) is 4.94. The molecular weight excluding hydrogens is 374 g/mol. The summed E-state index contributed by atoms with van der Waals surface area (Å²) in [5, 5.41) is 19.3. The van der Waals surface area contributed by atoms with Gasteiger partial charge in [-0.05, 0) is 24.3 Å². The second-order valence-corrected chi connectivity index (χ2v) is 9.30.